The molecular weight excluding hydrogens is 370 g/mol. The van der Waals surface area contributed by atoms with E-state index in [1.165, 1.54) is 54.7 Å². The highest BCUT2D eigenvalue weighted by Crippen LogP contribution is 2.21. The van der Waals surface area contributed by atoms with Crippen molar-refractivity contribution >= 4 is 11.6 Å². The minimum atomic E-state index is 0.145. The van der Waals surface area contributed by atoms with Gasteiger partial charge in [-0.1, -0.05) is 42.0 Å². The van der Waals surface area contributed by atoms with Crippen molar-refractivity contribution < 1.29 is 4.79 Å². The molecule has 2 aliphatic rings. The summed E-state index contributed by atoms with van der Waals surface area (Å²) in [7, 11) is 0. The molecule has 2 aromatic carbocycles. The van der Waals surface area contributed by atoms with Crippen LogP contribution in [0.3, 0.4) is 0 Å². The van der Waals surface area contributed by atoms with E-state index in [0.29, 0.717) is 6.54 Å². The predicted molar refractivity (Wildman–Crippen MR) is 124 cm³/mol. The van der Waals surface area contributed by atoms with E-state index in [0.717, 1.165) is 32.5 Å². The molecule has 0 saturated carbocycles. The Morgan fingerprint density at radius 2 is 1.50 bits per heavy atom. The van der Waals surface area contributed by atoms with Gasteiger partial charge in [0.05, 0.1) is 0 Å². The van der Waals surface area contributed by atoms with Crippen molar-refractivity contribution in [2.75, 3.05) is 31.1 Å². The normalized spacial score (nSPS) is 18.4. The van der Waals surface area contributed by atoms with E-state index in [4.69, 9.17) is 0 Å². The fourth-order valence-electron chi connectivity index (χ4n) is 4.62. The predicted octanol–water partition coefficient (Wildman–Crippen LogP) is 4.51. The molecule has 2 aromatic rings. The average Bonchev–Trinajstić information content (AvgIpc) is 2.80. The lowest BCUT2D eigenvalue weighted by molar-refractivity contribution is -0.126. The summed E-state index contributed by atoms with van der Waals surface area (Å²) in [5.41, 5.74) is 5.15. The van der Waals surface area contributed by atoms with Gasteiger partial charge in [-0.25, -0.2) is 0 Å². The first-order chi connectivity index (χ1) is 14.7. The maximum absolute atomic E-state index is 12.7. The van der Waals surface area contributed by atoms with Crippen LogP contribution in [-0.2, 0) is 17.9 Å². The quantitative estimate of drug-likeness (QED) is 0.768. The van der Waals surface area contributed by atoms with Crippen LogP contribution in [0.2, 0.25) is 0 Å². The van der Waals surface area contributed by atoms with E-state index in [-0.39, 0.29) is 11.8 Å². The first kappa shape index (κ1) is 20.9. The van der Waals surface area contributed by atoms with Gasteiger partial charge < -0.3 is 10.2 Å². The van der Waals surface area contributed by atoms with Crippen molar-refractivity contribution in [1.29, 1.82) is 0 Å². The highest BCUT2D eigenvalue weighted by Gasteiger charge is 2.24. The van der Waals surface area contributed by atoms with Crippen molar-refractivity contribution in [1.82, 2.24) is 10.2 Å². The third-order valence-corrected chi connectivity index (χ3v) is 6.61. The number of carbonyl (C=O) groups is 1. The lowest BCUT2D eigenvalue weighted by atomic mass is 9.95. The fraction of sp³-hybridized carbons (Fsp3) is 0.500. The SMILES string of the molecule is Cc1ccc(CN2CCC(C(=O)NCc3ccc(N4CCCCC4)cc3)CC2)cc1. The van der Waals surface area contributed by atoms with Crippen LogP contribution < -0.4 is 10.2 Å². The molecule has 2 fully saturated rings. The topological polar surface area (TPSA) is 35.6 Å². The van der Waals surface area contributed by atoms with Crippen LogP contribution in [-0.4, -0.2) is 37.0 Å². The Kier molecular flexibility index (Phi) is 7.06. The molecule has 0 aliphatic carbocycles. The van der Waals surface area contributed by atoms with Crippen molar-refractivity contribution in [2.24, 2.45) is 5.92 Å². The zero-order valence-corrected chi connectivity index (χ0v) is 18.3. The zero-order chi connectivity index (χ0) is 20.8. The van der Waals surface area contributed by atoms with E-state index >= 15 is 0 Å². The van der Waals surface area contributed by atoms with Gasteiger partial charge in [-0.3, -0.25) is 9.69 Å². The number of hydrogen-bond acceptors (Lipinski definition) is 3. The van der Waals surface area contributed by atoms with Gasteiger partial charge in [0.1, 0.15) is 0 Å². The minimum Gasteiger partial charge on any atom is -0.372 e. The lowest BCUT2D eigenvalue weighted by Crippen LogP contribution is -2.40. The molecule has 0 aromatic heterocycles. The van der Waals surface area contributed by atoms with E-state index in [2.05, 4.69) is 70.6 Å². The monoisotopic (exact) mass is 405 g/mol. The van der Waals surface area contributed by atoms with Crippen molar-refractivity contribution in [2.45, 2.75) is 52.1 Å². The van der Waals surface area contributed by atoms with Crippen LogP contribution in [0.4, 0.5) is 5.69 Å². The number of carbonyl (C=O) groups excluding carboxylic acids is 1. The van der Waals surface area contributed by atoms with Gasteiger partial charge in [-0.15, -0.1) is 0 Å². The number of nitrogens with zero attached hydrogens (tertiary/aromatic N) is 2. The molecule has 0 bridgehead atoms. The number of anilines is 1. The molecule has 4 heteroatoms. The first-order valence-corrected chi connectivity index (χ1v) is 11.6. The molecule has 160 valence electrons. The smallest absolute Gasteiger partial charge is 0.223 e. The number of nitrogens with one attached hydrogen (secondary N) is 1. The summed E-state index contributed by atoms with van der Waals surface area (Å²) in [6.45, 7) is 8.06. The Balaban J connectivity index is 1.20. The van der Waals surface area contributed by atoms with Gasteiger partial charge in [0.25, 0.3) is 0 Å². The lowest BCUT2D eigenvalue weighted by Gasteiger charge is -2.31. The molecule has 2 aliphatic heterocycles. The van der Waals surface area contributed by atoms with Crippen molar-refractivity contribution in [3.8, 4) is 0 Å². The standard InChI is InChI=1S/C26H35N3O/c1-21-5-7-23(8-6-21)20-28-17-13-24(14-18-28)26(30)27-19-22-9-11-25(12-10-22)29-15-3-2-4-16-29/h5-12,24H,2-4,13-20H2,1H3,(H,27,30). The number of rotatable bonds is 6. The van der Waals surface area contributed by atoms with Crippen LogP contribution in [0.15, 0.2) is 48.5 Å². The molecule has 1 amide bonds. The Bertz CT molecular complexity index is 801. The van der Waals surface area contributed by atoms with Gasteiger partial charge >= 0.3 is 0 Å². The van der Waals surface area contributed by atoms with Crippen LogP contribution in [0, 0.1) is 12.8 Å². The molecule has 0 radical (unpaired) electrons. The van der Waals surface area contributed by atoms with Gasteiger partial charge in [0, 0.05) is 37.8 Å². The highest BCUT2D eigenvalue weighted by molar-refractivity contribution is 5.78. The Labute approximate surface area is 181 Å². The number of hydrogen-bond donors (Lipinski definition) is 1. The molecular formula is C26H35N3O. The van der Waals surface area contributed by atoms with Crippen molar-refractivity contribution in [3.05, 3.63) is 65.2 Å². The summed E-state index contributed by atoms with van der Waals surface area (Å²) in [4.78, 5) is 17.6. The molecule has 4 nitrogen and oxygen atoms in total. The third-order valence-electron chi connectivity index (χ3n) is 6.61. The molecule has 0 atom stereocenters. The number of likely N-dealkylation sites (tertiary alicyclic amines) is 1. The molecule has 0 spiro atoms. The molecule has 0 unspecified atom stereocenters. The van der Waals surface area contributed by atoms with E-state index in [1.54, 1.807) is 0 Å². The van der Waals surface area contributed by atoms with Crippen molar-refractivity contribution in [3.63, 3.8) is 0 Å². The van der Waals surface area contributed by atoms with Crippen LogP contribution in [0.25, 0.3) is 0 Å². The second kappa shape index (κ2) is 10.1. The molecule has 2 heterocycles. The van der Waals surface area contributed by atoms with Gasteiger partial charge in [0.2, 0.25) is 5.91 Å². The maximum Gasteiger partial charge on any atom is 0.223 e. The molecule has 4 rings (SSSR count). The molecule has 30 heavy (non-hydrogen) atoms. The minimum absolute atomic E-state index is 0.145. The second-order valence-corrected chi connectivity index (χ2v) is 8.97. The summed E-state index contributed by atoms with van der Waals surface area (Å²) in [5.74, 6) is 0.358. The fourth-order valence-corrected chi connectivity index (χ4v) is 4.62. The Morgan fingerprint density at radius 1 is 0.867 bits per heavy atom. The summed E-state index contributed by atoms with van der Waals surface area (Å²) >= 11 is 0. The van der Waals surface area contributed by atoms with E-state index in [9.17, 15) is 4.79 Å². The Hall–Kier alpha value is -2.33. The van der Waals surface area contributed by atoms with Gasteiger partial charge in [0.15, 0.2) is 0 Å². The third kappa shape index (κ3) is 5.63. The summed E-state index contributed by atoms with van der Waals surface area (Å²) in [6.07, 6.45) is 5.84. The summed E-state index contributed by atoms with van der Waals surface area (Å²) < 4.78 is 0. The van der Waals surface area contributed by atoms with E-state index < -0.39 is 0 Å². The van der Waals surface area contributed by atoms with E-state index in [1.807, 2.05) is 0 Å². The maximum atomic E-state index is 12.7. The number of amides is 1. The molecule has 2 saturated heterocycles. The van der Waals surface area contributed by atoms with Gasteiger partial charge in [-0.2, -0.15) is 0 Å². The number of piperidine rings is 2. The molecule has 1 N–H and O–H groups in total. The Morgan fingerprint density at radius 3 is 2.17 bits per heavy atom. The van der Waals surface area contributed by atoms with Gasteiger partial charge in [-0.05, 0) is 75.4 Å². The summed E-state index contributed by atoms with van der Waals surface area (Å²) in [5, 5.41) is 3.17. The highest BCUT2D eigenvalue weighted by atomic mass is 16.1. The van der Waals surface area contributed by atoms with Crippen LogP contribution in [0.1, 0.15) is 48.8 Å². The zero-order valence-electron chi connectivity index (χ0n) is 18.3. The average molecular weight is 406 g/mol. The number of benzene rings is 2. The first-order valence-electron chi connectivity index (χ1n) is 11.6. The second-order valence-electron chi connectivity index (χ2n) is 8.97. The largest absolute Gasteiger partial charge is 0.372 e. The number of aryl methyl sites for hydroxylation is 1. The summed E-state index contributed by atoms with van der Waals surface area (Å²) in [6, 6.07) is 17.5. The van der Waals surface area contributed by atoms with Crippen LogP contribution >= 0.6 is 0 Å². The van der Waals surface area contributed by atoms with Crippen LogP contribution in [0.5, 0.6) is 0 Å².